The largest absolute Gasteiger partial charge is 0.381 e. The van der Waals surface area contributed by atoms with Gasteiger partial charge < -0.3 is 4.74 Å². The van der Waals surface area contributed by atoms with Crippen LogP contribution >= 0.6 is 11.3 Å². The summed E-state index contributed by atoms with van der Waals surface area (Å²) in [6, 6.07) is 2.09. The first-order chi connectivity index (χ1) is 6.84. The Bertz CT molecular complexity index is 303. The Hall–Kier alpha value is -0.920. The van der Waals surface area contributed by atoms with Crippen LogP contribution in [0, 0.1) is 18.3 Å². The fourth-order valence-electron chi connectivity index (χ4n) is 1.09. The lowest BCUT2D eigenvalue weighted by atomic mass is 10.3. The average molecular weight is 210 g/mol. The van der Waals surface area contributed by atoms with Gasteiger partial charge in [0, 0.05) is 24.3 Å². The van der Waals surface area contributed by atoms with E-state index in [1.807, 2.05) is 12.4 Å². The molecule has 0 saturated heterocycles. The summed E-state index contributed by atoms with van der Waals surface area (Å²) in [5.41, 5.74) is 2.97. The van der Waals surface area contributed by atoms with E-state index < -0.39 is 0 Å². The Morgan fingerprint density at radius 2 is 2.43 bits per heavy atom. The van der Waals surface area contributed by atoms with Crippen LogP contribution in [-0.4, -0.2) is 18.2 Å². The lowest BCUT2D eigenvalue weighted by Crippen LogP contribution is -1.99. The number of hydrogen-bond donors (Lipinski definition) is 0. The standard InChI is InChI=1S/C10H14N2OS/c1-9-10(14-8-12-9)4-7-13-6-3-2-5-11/h8H,2-4,6-7H2,1H3. The molecule has 0 radical (unpaired) electrons. The summed E-state index contributed by atoms with van der Waals surface area (Å²) < 4.78 is 5.39. The van der Waals surface area contributed by atoms with Gasteiger partial charge in [-0.2, -0.15) is 5.26 Å². The smallest absolute Gasteiger partial charge is 0.0797 e. The summed E-state index contributed by atoms with van der Waals surface area (Å²) in [6.07, 6.45) is 2.35. The van der Waals surface area contributed by atoms with Gasteiger partial charge in [0.25, 0.3) is 0 Å². The number of rotatable bonds is 6. The van der Waals surface area contributed by atoms with Crippen molar-refractivity contribution in [3.63, 3.8) is 0 Å². The molecule has 0 amide bonds. The molecular formula is C10H14N2OS. The molecule has 0 aliphatic carbocycles. The summed E-state index contributed by atoms with van der Waals surface area (Å²) in [5.74, 6) is 0. The Balaban J connectivity index is 2.05. The second-order valence-electron chi connectivity index (χ2n) is 2.98. The zero-order chi connectivity index (χ0) is 10.2. The summed E-state index contributed by atoms with van der Waals surface area (Å²) >= 11 is 1.67. The summed E-state index contributed by atoms with van der Waals surface area (Å²) in [4.78, 5) is 5.46. The first-order valence-electron chi connectivity index (χ1n) is 4.68. The number of ether oxygens (including phenoxy) is 1. The van der Waals surface area contributed by atoms with E-state index in [-0.39, 0.29) is 0 Å². The molecule has 0 aromatic carbocycles. The fourth-order valence-corrected chi connectivity index (χ4v) is 1.85. The Morgan fingerprint density at radius 3 is 3.07 bits per heavy atom. The Labute approximate surface area is 88.4 Å². The molecule has 1 aromatic heterocycles. The molecular weight excluding hydrogens is 196 g/mol. The minimum atomic E-state index is 0.583. The maximum atomic E-state index is 8.30. The first-order valence-corrected chi connectivity index (χ1v) is 5.56. The molecule has 0 atom stereocenters. The SMILES string of the molecule is Cc1ncsc1CCOCCCC#N. The van der Waals surface area contributed by atoms with Crippen molar-refractivity contribution in [3.8, 4) is 6.07 Å². The number of unbranched alkanes of at least 4 members (excludes halogenated alkanes) is 1. The van der Waals surface area contributed by atoms with Gasteiger partial charge in [-0.1, -0.05) is 0 Å². The van der Waals surface area contributed by atoms with Gasteiger partial charge >= 0.3 is 0 Å². The highest BCUT2D eigenvalue weighted by Crippen LogP contribution is 2.12. The van der Waals surface area contributed by atoms with E-state index in [0.717, 1.165) is 25.1 Å². The third kappa shape index (κ3) is 3.86. The highest BCUT2D eigenvalue weighted by Gasteiger charge is 2.00. The lowest BCUT2D eigenvalue weighted by molar-refractivity contribution is 0.136. The fraction of sp³-hybridized carbons (Fsp3) is 0.600. The van der Waals surface area contributed by atoms with Gasteiger partial charge in [0.1, 0.15) is 0 Å². The van der Waals surface area contributed by atoms with Crippen LogP contribution in [0.2, 0.25) is 0 Å². The maximum Gasteiger partial charge on any atom is 0.0797 e. The number of thiazole rings is 1. The third-order valence-corrected chi connectivity index (χ3v) is 2.89. The summed E-state index contributed by atoms with van der Waals surface area (Å²) in [7, 11) is 0. The second kappa shape index (κ2) is 6.52. The van der Waals surface area contributed by atoms with Crippen molar-refractivity contribution in [2.75, 3.05) is 13.2 Å². The molecule has 0 fully saturated rings. The van der Waals surface area contributed by atoms with Crippen molar-refractivity contribution in [3.05, 3.63) is 16.1 Å². The lowest BCUT2D eigenvalue weighted by Gasteiger charge is -2.01. The van der Waals surface area contributed by atoms with Crippen LogP contribution in [-0.2, 0) is 11.2 Å². The van der Waals surface area contributed by atoms with Crippen LogP contribution in [0.15, 0.2) is 5.51 Å². The van der Waals surface area contributed by atoms with Crippen LogP contribution in [0.3, 0.4) is 0 Å². The molecule has 0 spiro atoms. The van der Waals surface area contributed by atoms with Crippen molar-refractivity contribution in [2.24, 2.45) is 0 Å². The van der Waals surface area contributed by atoms with Crippen LogP contribution in [0.5, 0.6) is 0 Å². The van der Waals surface area contributed by atoms with E-state index in [1.165, 1.54) is 4.88 Å². The predicted octanol–water partition coefficient (Wildman–Crippen LogP) is 2.31. The van der Waals surface area contributed by atoms with Gasteiger partial charge in [0.05, 0.1) is 23.9 Å². The van der Waals surface area contributed by atoms with Crippen molar-refractivity contribution in [2.45, 2.75) is 26.2 Å². The zero-order valence-corrected chi connectivity index (χ0v) is 9.14. The van der Waals surface area contributed by atoms with E-state index >= 15 is 0 Å². The van der Waals surface area contributed by atoms with Gasteiger partial charge in [-0.3, -0.25) is 0 Å². The topological polar surface area (TPSA) is 45.9 Å². The number of hydrogen-bond acceptors (Lipinski definition) is 4. The van der Waals surface area contributed by atoms with Crippen molar-refractivity contribution in [1.29, 1.82) is 5.26 Å². The van der Waals surface area contributed by atoms with Crippen molar-refractivity contribution >= 4 is 11.3 Å². The number of aromatic nitrogens is 1. The number of aryl methyl sites for hydroxylation is 1. The van der Waals surface area contributed by atoms with E-state index in [0.29, 0.717) is 13.0 Å². The predicted molar refractivity (Wildman–Crippen MR) is 56.2 cm³/mol. The van der Waals surface area contributed by atoms with Crippen molar-refractivity contribution in [1.82, 2.24) is 4.98 Å². The van der Waals surface area contributed by atoms with Gasteiger partial charge in [-0.25, -0.2) is 4.98 Å². The molecule has 0 N–H and O–H groups in total. The highest BCUT2D eigenvalue weighted by atomic mass is 32.1. The first kappa shape index (κ1) is 11.2. The normalized spacial score (nSPS) is 10.0. The maximum absolute atomic E-state index is 8.30. The zero-order valence-electron chi connectivity index (χ0n) is 8.32. The van der Waals surface area contributed by atoms with E-state index in [2.05, 4.69) is 11.1 Å². The minimum Gasteiger partial charge on any atom is -0.381 e. The molecule has 0 bridgehead atoms. The van der Waals surface area contributed by atoms with Gasteiger partial charge in [0.2, 0.25) is 0 Å². The molecule has 0 saturated carbocycles. The van der Waals surface area contributed by atoms with Crippen LogP contribution in [0.1, 0.15) is 23.4 Å². The van der Waals surface area contributed by atoms with Gasteiger partial charge in [0.15, 0.2) is 0 Å². The molecule has 76 valence electrons. The Morgan fingerprint density at radius 1 is 1.57 bits per heavy atom. The molecule has 0 aliphatic heterocycles. The second-order valence-corrected chi connectivity index (χ2v) is 3.92. The van der Waals surface area contributed by atoms with Gasteiger partial charge in [-0.15, -0.1) is 11.3 Å². The molecule has 0 unspecified atom stereocenters. The monoisotopic (exact) mass is 210 g/mol. The molecule has 3 nitrogen and oxygen atoms in total. The highest BCUT2D eigenvalue weighted by molar-refractivity contribution is 7.09. The van der Waals surface area contributed by atoms with Crippen LogP contribution in [0.25, 0.3) is 0 Å². The van der Waals surface area contributed by atoms with Crippen LogP contribution in [0.4, 0.5) is 0 Å². The third-order valence-electron chi connectivity index (χ3n) is 1.90. The Kier molecular flexibility index (Phi) is 5.20. The molecule has 0 aliphatic rings. The minimum absolute atomic E-state index is 0.583. The summed E-state index contributed by atoms with van der Waals surface area (Å²) in [5, 5.41) is 8.30. The van der Waals surface area contributed by atoms with E-state index in [9.17, 15) is 0 Å². The summed E-state index contributed by atoms with van der Waals surface area (Å²) in [6.45, 7) is 3.43. The van der Waals surface area contributed by atoms with E-state index in [4.69, 9.17) is 10.00 Å². The van der Waals surface area contributed by atoms with E-state index in [1.54, 1.807) is 11.3 Å². The van der Waals surface area contributed by atoms with Crippen LogP contribution < -0.4 is 0 Å². The average Bonchev–Trinajstić information content (AvgIpc) is 2.58. The molecule has 1 heterocycles. The molecule has 4 heteroatoms. The van der Waals surface area contributed by atoms with Crippen molar-refractivity contribution < 1.29 is 4.74 Å². The molecule has 1 aromatic rings. The van der Waals surface area contributed by atoms with Gasteiger partial charge in [-0.05, 0) is 13.3 Å². The number of nitrogens with zero attached hydrogens (tertiary/aromatic N) is 2. The quantitative estimate of drug-likeness (QED) is 0.677. The molecule has 1 rings (SSSR count). The molecule has 14 heavy (non-hydrogen) atoms. The number of nitriles is 1.